The zero-order valence-electron chi connectivity index (χ0n) is 11.4. The molecule has 2 aliphatic heterocycles. The summed E-state index contributed by atoms with van der Waals surface area (Å²) in [4.78, 5) is 9.38. The maximum absolute atomic E-state index is 9.24. The van der Waals surface area contributed by atoms with Crippen LogP contribution in [-0.2, 0) is 0 Å². The van der Waals surface area contributed by atoms with E-state index in [0.717, 1.165) is 18.9 Å². The summed E-state index contributed by atoms with van der Waals surface area (Å²) in [6.45, 7) is 5.57. The zero-order chi connectivity index (χ0) is 13.2. The molecule has 0 aromatic carbocycles. The van der Waals surface area contributed by atoms with Gasteiger partial charge in [0, 0.05) is 31.4 Å². The van der Waals surface area contributed by atoms with E-state index in [4.69, 9.17) is 0 Å². The van der Waals surface area contributed by atoms with Gasteiger partial charge in [-0.25, -0.2) is 4.98 Å². The SMILES string of the molecule is CC1CN2CCCCC2CN1c1ncccc1C#N. The van der Waals surface area contributed by atoms with Gasteiger partial charge in [0.05, 0.1) is 5.56 Å². The molecule has 0 aliphatic carbocycles. The first-order valence-electron chi connectivity index (χ1n) is 7.15. The quantitative estimate of drug-likeness (QED) is 0.771. The molecule has 0 spiro atoms. The van der Waals surface area contributed by atoms with E-state index in [2.05, 4.69) is 27.8 Å². The van der Waals surface area contributed by atoms with Crippen LogP contribution in [0.2, 0.25) is 0 Å². The molecule has 0 amide bonds. The molecule has 2 unspecified atom stereocenters. The highest BCUT2D eigenvalue weighted by Crippen LogP contribution is 2.28. The van der Waals surface area contributed by atoms with Crippen LogP contribution in [0, 0.1) is 11.3 Å². The Morgan fingerprint density at radius 1 is 1.37 bits per heavy atom. The van der Waals surface area contributed by atoms with E-state index < -0.39 is 0 Å². The number of hydrogen-bond donors (Lipinski definition) is 0. The molecule has 2 saturated heterocycles. The number of fused-ring (bicyclic) bond motifs is 1. The second kappa shape index (κ2) is 5.18. The summed E-state index contributed by atoms with van der Waals surface area (Å²) in [5.41, 5.74) is 0.693. The third-order valence-electron chi connectivity index (χ3n) is 4.37. The van der Waals surface area contributed by atoms with Crippen molar-refractivity contribution >= 4 is 5.82 Å². The van der Waals surface area contributed by atoms with Gasteiger partial charge in [-0.05, 0) is 38.4 Å². The molecule has 1 aromatic rings. The van der Waals surface area contributed by atoms with E-state index >= 15 is 0 Å². The number of piperazine rings is 1. The van der Waals surface area contributed by atoms with Crippen molar-refractivity contribution in [3.63, 3.8) is 0 Å². The molecule has 100 valence electrons. The lowest BCUT2D eigenvalue weighted by atomic mass is 9.97. The smallest absolute Gasteiger partial charge is 0.146 e. The van der Waals surface area contributed by atoms with Crippen molar-refractivity contribution in [1.29, 1.82) is 5.26 Å². The summed E-state index contributed by atoms with van der Waals surface area (Å²) in [5, 5.41) is 9.24. The van der Waals surface area contributed by atoms with Gasteiger partial charge >= 0.3 is 0 Å². The van der Waals surface area contributed by atoms with Gasteiger partial charge < -0.3 is 4.90 Å². The van der Waals surface area contributed by atoms with Crippen LogP contribution in [-0.4, -0.2) is 41.6 Å². The molecule has 0 radical (unpaired) electrons. The molecule has 1 aromatic heterocycles. The summed E-state index contributed by atoms with van der Waals surface area (Å²) < 4.78 is 0. The molecule has 0 saturated carbocycles. The molecule has 3 rings (SSSR count). The Labute approximate surface area is 114 Å². The minimum absolute atomic E-state index is 0.427. The first-order chi connectivity index (χ1) is 9.29. The minimum atomic E-state index is 0.427. The number of nitrogens with zero attached hydrogens (tertiary/aromatic N) is 4. The van der Waals surface area contributed by atoms with Gasteiger partial charge in [-0.3, -0.25) is 4.90 Å². The van der Waals surface area contributed by atoms with Gasteiger partial charge in [0.2, 0.25) is 0 Å². The largest absolute Gasteiger partial charge is 0.350 e. The predicted molar refractivity (Wildman–Crippen MR) is 75.0 cm³/mol. The van der Waals surface area contributed by atoms with Crippen LogP contribution in [0.25, 0.3) is 0 Å². The van der Waals surface area contributed by atoms with Crippen LogP contribution >= 0.6 is 0 Å². The molecule has 2 fully saturated rings. The minimum Gasteiger partial charge on any atom is -0.350 e. The van der Waals surface area contributed by atoms with E-state index in [9.17, 15) is 5.26 Å². The van der Waals surface area contributed by atoms with Crippen LogP contribution in [0.15, 0.2) is 18.3 Å². The second-order valence-electron chi connectivity index (χ2n) is 5.63. The Bertz CT molecular complexity index is 493. The number of rotatable bonds is 1. The molecular formula is C15H20N4. The van der Waals surface area contributed by atoms with Crippen molar-refractivity contribution < 1.29 is 0 Å². The fourth-order valence-corrected chi connectivity index (χ4v) is 3.36. The summed E-state index contributed by atoms with van der Waals surface area (Å²) in [6, 6.07) is 7.03. The lowest BCUT2D eigenvalue weighted by Crippen LogP contribution is -2.59. The number of aromatic nitrogens is 1. The third kappa shape index (κ3) is 2.31. The number of nitriles is 1. The van der Waals surface area contributed by atoms with Gasteiger partial charge in [0.25, 0.3) is 0 Å². The second-order valence-corrected chi connectivity index (χ2v) is 5.63. The highest BCUT2D eigenvalue weighted by molar-refractivity contribution is 5.54. The summed E-state index contributed by atoms with van der Waals surface area (Å²) >= 11 is 0. The highest BCUT2D eigenvalue weighted by atomic mass is 15.3. The van der Waals surface area contributed by atoms with Gasteiger partial charge in [0.15, 0.2) is 0 Å². The van der Waals surface area contributed by atoms with Gasteiger partial charge in [0.1, 0.15) is 11.9 Å². The molecule has 2 aliphatic rings. The number of pyridine rings is 1. The molecule has 3 heterocycles. The Hall–Kier alpha value is -1.60. The monoisotopic (exact) mass is 256 g/mol. The summed E-state index contributed by atoms with van der Waals surface area (Å²) in [5.74, 6) is 0.864. The molecule has 0 N–H and O–H groups in total. The standard InChI is InChI=1S/C15H20N4/c1-12-10-18-8-3-2-6-14(18)11-19(12)15-13(9-16)5-4-7-17-15/h4-5,7,12,14H,2-3,6,8,10-11H2,1H3. The van der Waals surface area contributed by atoms with E-state index in [1.54, 1.807) is 6.20 Å². The van der Waals surface area contributed by atoms with Crippen LogP contribution < -0.4 is 4.90 Å². The fraction of sp³-hybridized carbons (Fsp3) is 0.600. The predicted octanol–water partition coefficient (Wildman–Crippen LogP) is 2.02. The van der Waals surface area contributed by atoms with Crippen molar-refractivity contribution in [2.45, 2.75) is 38.3 Å². The van der Waals surface area contributed by atoms with Crippen LogP contribution in [0.3, 0.4) is 0 Å². The van der Waals surface area contributed by atoms with Crippen molar-refractivity contribution in [3.8, 4) is 6.07 Å². The average molecular weight is 256 g/mol. The average Bonchev–Trinajstić information content (AvgIpc) is 2.46. The zero-order valence-corrected chi connectivity index (χ0v) is 11.4. The lowest BCUT2D eigenvalue weighted by molar-refractivity contribution is 0.115. The van der Waals surface area contributed by atoms with Crippen molar-refractivity contribution in [3.05, 3.63) is 23.9 Å². The van der Waals surface area contributed by atoms with Crippen LogP contribution in [0.5, 0.6) is 0 Å². The molecule has 4 heteroatoms. The number of piperidine rings is 1. The van der Waals surface area contributed by atoms with Gasteiger partial charge in [-0.2, -0.15) is 5.26 Å². The first-order valence-corrected chi connectivity index (χ1v) is 7.15. The van der Waals surface area contributed by atoms with Crippen molar-refractivity contribution in [1.82, 2.24) is 9.88 Å². The maximum Gasteiger partial charge on any atom is 0.146 e. The molecule has 19 heavy (non-hydrogen) atoms. The summed E-state index contributed by atoms with van der Waals surface area (Å²) in [6.07, 6.45) is 5.72. The molecule has 4 nitrogen and oxygen atoms in total. The van der Waals surface area contributed by atoms with Crippen LogP contribution in [0.4, 0.5) is 5.82 Å². The topological polar surface area (TPSA) is 43.2 Å². The molecular weight excluding hydrogens is 236 g/mol. The normalized spacial score (nSPS) is 27.7. The Morgan fingerprint density at radius 2 is 2.26 bits per heavy atom. The Kier molecular flexibility index (Phi) is 3.39. The fourth-order valence-electron chi connectivity index (χ4n) is 3.36. The first kappa shape index (κ1) is 12.4. The number of anilines is 1. The number of hydrogen-bond acceptors (Lipinski definition) is 4. The van der Waals surface area contributed by atoms with E-state index in [-0.39, 0.29) is 0 Å². The summed E-state index contributed by atoms with van der Waals surface area (Å²) in [7, 11) is 0. The van der Waals surface area contributed by atoms with E-state index in [0.29, 0.717) is 17.6 Å². The van der Waals surface area contributed by atoms with Crippen LogP contribution in [0.1, 0.15) is 31.7 Å². The molecule has 0 bridgehead atoms. The Balaban J connectivity index is 1.86. The van der Waals surface area contributed by atoms with Gasteiger partial charge in [-0.15, -0.1) is 0 Å². The Morgan fingerprint density at radius 3 is 3.11 bits per heavy atom. The van der Waals surface area contributed by atoms with E-state index in [1.165, 1.54) is 25.8 Å². The van der Waals surface area contributed by atoms with Crippen molar-refractivity contribution in [2.75, 3.05) is 24.5 Å². The third-order valence-corrected chi connectivity index (χ3v) is 4.37. The highest BCUT2D eigenvalue weighted by Gasteiger charge is 2.34. The van der Waals surface area contributed by atoms with E-state index in [1.807, 2.05) is 12.1 Å². The molecule has 2 atom stereocenters. The van der Waals surface area contributed by atoms with Gasteiger partial charge in [-0.1, -0.05) is 6.42 Å². The maximum atomic E-state index is 9.24. The van der Waals surface area contributed by atoms with Crippen molar-refractivity contribution in [2.24, 2.45) is 0 Å². The lowest BCUT2D eigenvalue weighted by Gasteiger charge is -2.48.